The lowest BCUT2D eigenvalue weighted by atomic mass is 9.84. The van der Waals surface area contributed by atoms with E-state index in [1.54, 1.807) is 0 Å². The number of benzene rings is 9. The van der Waals surface area contributed by atoms with Crippen molar-refractivity contribution in [1.29, 1.82) is 0 Å². The molecule has 0 aliphatic carbocycles. The summed E-state index contributed by atoms with van der Waals surface area (Å²) in [5, 5.41) is 13.6. The van der Waals surface area contributed by atoms with Crippen molar-refractivity contribution in [2.75, 3.05) is 0 Å². The van der Waals surface area contributed by atoms with Crippen molar-refractivity contribution in [2.45, 2.75) is 0 Å². The maximum atomic E-state index is 5.02. The molecule has 9 aromatic carbocycles. The highest BCUT2D eigenvalue weighted by Crippen LogP contribution is 2.46. The standard InChI is InChI=1S/C47H29N/c1-2-12-32-27-37(24-20-30(32)10-1)46-41-16-6-5-15-40(41)45(43-29-48-44-19-8-7-17-42(44)47(43)46)36-25-22-33-26-35(23-21-34(33)28-36)39-18-9-13-31-11-3-4-14-38(31)39/h1-29H. The van der Waals surface area contributed by atoms with Crippen LogP contribution in [0.2, 0.25) is 0 Å². The van der Waals surface area contributed by atoms with Crippen LogP contribution >= 0.6 is 0 Å². The van der Waals surface area contributed by atoms with Gasteiger partial charge < -0.3 is 0 Å². The zero-order valence-electron chi connectivity index (χ0n) is 26.2. The molecule has 0 aliphatic rings. The van der Waals surface area contributed by atoms with E-state index in [9.17, 15) is 0 Å². The molecular formula is C47H29N. The average molecular weight is 608 g/mol. The quantitative estimate of drug-likeness (QED) is 0.144. The number of rotatable bonds is 3. The lowest BCUT2D eigenvalue weighted by molar-refractivity contribution is 1.45. The van der Waals surface area contributed by atoms with Gasteiger partial charge in [-0.3, -0.25) is 4.98 Å². The smallest absolute Gasteiger partial charge is 0.0708 e. The van der Waals surface area contributed by atoms with Crippen molar-refractivity contribution < 1.29 is 0 Å². The predicted molar refractivity (Wildman–Crippen MR) is 206 cm³/mol. The zero-order chi connectivity index (χ0) is 31.6. The lowest BCUT2D eigenvalue weighted by Gasteiger charge is -2.19. The van der Waals surface area contributed by atoms with Crippen LogP contribution in [0.5, 0.6) is 0 Å². The first kappa shape index (κ1) is 26.9. The summed E-state index contributed by atoms with van der Waals surface area (Å²) in [6.07, 6.45) is 2.10. The van der Waals surface area contributed by atoms with Crippen LogP contribution < -0.4 is 0 Å². The molecule has 222 valence electrons. The molecule has 0 saturated heterocycles. The van der Waals surface area contributed by atoms with E-state index in [0.29, 0.717) is 0 Å². The molecule has 1 aromatic heterocycles. The summed E-state index contributed by atoms with van der Waals surface area (Å²) >= 11 is 0. The first-order chi connectivity index (χ1) is 23.8. The third kappa shape index (κ3) is 4.15. The second kappa shape index (κ2) is 10.6. The summed E-state index contributed by atoms with van der Waals surface area (Å²) in [6, 6.07) is 61.9. The van der Waals surface area contributed by atoms with Crippen molar-refractivity contribution in [3.63, 3.8) is 0 Å². The van der Waals surface area contributed by atoms with Gasteiger partial charge in [0.2, 0.25) is 0 Å². The van der Waals surface area contributed by atoms with Crippen LogP contribution in [-0.4, -0.2) is 4.98 Å². The third-order valence-corrected chi connectivity index (χ3v) is 10.0. The first-order valence-electron chi connectivity index (χ1n) is 16.5. The van der Waals surface area contributed by atoms with Gasteiger partial charge in [-0.2, -0.15) is 0 Å². The third-order valence-electron chi connectivity index (χ3n) is 10.0. The Balaban J connectivity index is 1.24. The van der Waals surface area contributed by atoms with Gasteiger partial charge in [0, 0.05) is 22.4 Å². The molecule has 10 aromatic rings. The number of hydrogen-bond donors (Lipinski definition) is 0. The molecule has 0 saturated carbocycles. The first-order valence-corrected chi connectivity index (χ1v) is 16.5. The molecule has 0 amide bonds. The Labute approximate surface area is 278 Å². The van der Waals surface area contributed by atoms with E-state index in [0.717, 1.165) is 5.52 Å². The molecule has 0 bridgehead atoms. The Morgan fingerprint density at radius 3 is 1.62 bits per heavy atom. The largest absolute Gasteiger partial charge is 0.256 e. The topological polar surface area (TPSA) is 12.9 Å². The van der Waals surface area contributed by atoms with Crippen molar-refractivity contribution >= 4 is 64.8 Å². The minimum absolute atomic E-state index is 1.01. The van der Waals surface area contributed by atoms with Crippen molar-refractivity contribution in [2.24, 2.45) is 0 Å². The average Bonchev–Trinajstić information content (AvgIpc) is 3.16. The molecule has 0 N–H and O–H groups in total. The molecule has 0 spiro atoms. The van der Waals surface area contributed by atoms with Crippen molar-refractivity contribution in [1.82, 2.24) is 4.98 Å². The van der Waals surface area contributed by atoms with E-state index in [1.165, 1.54) is 92.6 Å². The molecular weight excluding hydrogens is 579 g/mol. The molecule has 1 heterocycles. The number of para-hydroxylation sites is 1. The molecule has 10 rings (SSSR count). The van der Waals surface area contributed by atoms with Crippen LogP contribution in [0, 0.1) is 0 Å². The van der Waals surface area contributed by atoms with Crippen LogP contribution in [0.25, 0.3) is 98.1 Å². The zero-order valence-corrected chi connectivity index (χ0v) is 26.2. The van der Waals surface area contributed by atoms with Crippen molar-refractivity contribution in [3.8, 4) is 33.4 Å². The fraction of sp³-hybridized carbons (Fsp3) is 0. The minimum atomic E-state index is 1.01. The van der Waals surface area contributed by atoms with Gasteiger partial charge in [-0.15, -0.1) is 0 Å². The number of aromatic nitrogens is 1. The van der Waals surface area contributed by atoms with Gasteiger partial charge >= 0.3 is 0 Å². The Morgan fingerprint density at radius 1 is 0.312 bits per heavy atom. The minimum Gasteiger partial charge on any atom is -0.256 e. The molecule has 0 atom stereocenters. The fourth-order valence-electron chi connectivity index (χ4n) is 7.80. The summed E-state index contributed by atoms with van der Waals surface area (Å²) in [5.74, 6) is 0. The van der Waals surface area contributed by atoms with Crippen LogP contribution in [0.15, 0.2) is 176 Å². The second-order valence-corrected chi connectivity index (χ2v) is 12.7. The van der Waals surface area contributed by atoms with Crippen LogP contribution in [-0.2, 0) is 0 Å². The molecule has 0 fully saturated rings. The van der Waals surface area contributed by atoms with E-state index in [-0.39, 0.29) is 0 Å². The van der Waals surface area contributed by atoms with E-state index >= 15 is 0 Å². The van der Waals surface area contributed by atoms with E-state index in [1.807, 2.05) is 0 Å². The maximum Gasteiger partial charge on any atom is 0.0708 e. The van der Waals surface area contributed by atoms with Gasteiger partial charge in [0.1, 0.15) is 0 Å². The summed E-state index contributed by atoms with van der Waals surface area (Å²) in [4.78, 5) is 5.02. The summed E-state index contributed by atoms with van der Waals surface area (Å²) in [5.41, 5.74) is 8.41. The Kier molecular flexibility index (Phi) is 5.94. The van der Waals surface area contributed by atoms with Gasteiger partial charge in [0.05, 0.1) is 5.52 Å². The molecule has 1 nitrogen and oxygen atoms in total. The fourth-order valence-corrected chi connectivity index (χ4v) is 7.80. The van der Waals surface area contributed by atoms with E-state index < -0.39 is 0 Å². The van der Waals surface area contributed by atoms with Gasteiger partial charge in [-0.25, -0.2) is 0 Å². The number of hydrogen-bond acceptors (Lipinski definition) is 1. The monoisotopic (exact) mass is 607 g/mol. The summed E-state index contributed by atoms with van der Waals surface area (Å²) < 4.78 is 0. The van der Waals surface area contributed by atoms with Gasteiger partial charge in [0.15, 0.2) is 0 Å². The summed E-state index contributed by atoms with van der Waals surface area (Å²) in [7, 11) is 0. The van der Waals surface area contributed by atoms with Gasteiger partial charge in [-0.1, -0.05) is 146 Å². The van der Waals surface area contributed by atoms with Crippen LogP contribution in [0.1, 0.15) is 0 Å². The second-order valence-electron chi connectivity index (χ2n) is 12.7. The maximum absolute atomic E-state index is 5.02. The summed E-state index contributed by atoms with van der Waals surface area (Å²) in [6.45, 7) is 0. The van der Waals surface area contributed by atoms with Crippen LogP contribution in [0.4, 0.5) is 0 Å². The van der Waals surface area contributed by atoms with Crippen molar-refractivity contribution in [3.05, 3.63) is 176 Å². The number of nitrogens with zero attached hydrogens (tertiary/aromatic N) is 1. The molecule has 0 aliphatic heterocycles. The van der Waals surface area contributed by atoms with E-state index in [2.05, 4.69) is 176 Å². The normalized spacial score (nSPS) is 11.8. The molecule has 0 unspecified atom stereocenters. The SMILES string of the molecule is c1ccc2cc(-c3c4ccccc4c(-c4ccc5cc(-c6cccc7ccccc67)ccc5c4)c4cnc5ccccc5c34)ccc2c1. The molecule has 48 heavy (non-hydrogen) atoms. The highest BCUT2D eigenvalue weighted by atomic mass is 14.6. The van der Waals surface area contributed by atoms with E-state index in [4.69, 9.17) is 4.98 Å². The predicted octanol–water partition coefficient (Wildman–Crippen LogP) is 13.0. The highest BCUT2D eigenvalue weighted by Gasteiger charge is 2.19. The Morgan fingerprint density at radius 2 is 0.833 bits per heavy atom. The Hall–Kier alpha value is -6.31. The van der Waals surface area contributed by atoms with Gasteiger partial charge in [-0.05, 0) is 101 Å². The van der Waals surface area contributed by atoms with Crippen LogP contribution in [0.3, 0.4) is 0 Å². The number of fused-ring (bicyclic) bond motifs is 7. The lowest BCUT2D eigenvalue weighted by Crippen LogP contribution is -1.93. The molecule has 0 radical (unpaired) electrons. The molecule has 1 heteroatoms. The Bertz CT molecular complexity index is 2890. The van der Waals surface area contributed by atoms with Gasteiger partial charge in [0.25, 0.3) is 0 Å². The highest BCUT2D eigenvalue weighted by molar-refractivity contribution is 6.27. The number of pyridine rings is 1.